The lowest BCUT2D eigenvalue weighted by atomic mass is 10.0. The monoisotopic (exact) mass is 285 g/mol. The maximum absolute atomic E-state index is 6.14. The lowest BCUT2D eigenvalue weighted by molar-refractivity contribution is 0.323. The number of nitrogens with two attached hydrogens (primary N) is 1. The Bertz CT molecular complexity index is 440. The van der Waals surface area contributed by atoms with Crippen molar-refractivity contribution >= 4 is 23.2 Å². The molecule has 0 aliphatic carbocycles. The number of benzene rings is 1. The van der Waals surface area contributed by atoms with E-state index in [1.54, 1.807) is 6.07 Å². The third kappa shape index (κ3) is 4.42. The van der Waals surface area contributed by atoms with Gasteiger partial charge in [0.25, 0.3) is 0 Å². The summed E-state index contributed by atoms with van der Waals surface area (Å²) in [6.07, 6.45) is 7.30. The van der Waals surface area contributed by atoms with Gasteiger partial charge in [0.1, 0.15) is 5.75 Å². The largest absolute Gasteiger partial charge is 0.491 e. The highest BCUT2D eigenvalue weighted by Gasteiger charge is 2.13. The lowest BCUT2D eigenvalue weighted by Crippen LogP contribution is -2.21. The van der Waals surface area contributed by atoms with E-state index in [4.69, 9.17) is 40.1 Å². The molecule has 2 N–H and O–H groups in total. The highest BCUT2D eigenvalue weighted by molar-refractivity contribution is 6.35. The molecule has 0 saturated carbocycles. The van der Waals surface area contributed by atoms with Crippen LogP contribution >= 0.6 is 23.2 Å². The lowest BCUT2D eigenvalue weighted by Gasteiger charge is -2.15. The first kappa shape index (κ1) is 15.2. The molecule has 98 valence electrons. The van der Waals surface area contributed by atoms with E-state index in [1.807, 2.05) is 13.0 Å². The van der Waals surface area contributed by atoms with Gasteiger partial charge in [0, 0.05) is 17.5 Å². The van der Waals surface area contributed by atoms with Crippen LogP contribution in [0.3, 0.4) is 0 Å². The van der Waals surface area contributed by atoms with Crippen molar-refractivity contribution in [3.05, 3.63) is 27.7 Å². The number of halogens is 2. The first-order valence-electron chi connectivity index (χ1n) is 5.88. The van der Waals surface area contributed by atoms with E-state index in [9.17, 15) is 0 Å². The van der Waals surface area contributed by atoms with Gasteiger partial charge in [-0.25, -0.2) is 0 Å². The summed E-state index contributed by atoms with van der Waals surface area (Å²) < 4.78 is 5.62. The van der Waals surface area contributed by atoms with Crippen molar-refractivity contribution in [3.8, 4) is 18.1 Å². The summed E-state index contributed by atoms with van der Waals surface area (Å²) in [5.74, 6) is 3.16. The van der Waals surface area contributed by atoms with Crippen molar-refractivity contribution in [1.29, 1.82) is 0 Å². The molecule has 0 aliphatic heterocycles. The highest BCUT2D eigenvalue weighted by Crippen LogP contribution is 2.33. The second-order valence-corrected chi connectivity index (χ2v) is 4.89. The van der Waals surface area contributed by atoms with Crippen LogP contribution in [-0.4, -0.2) is 12.6 Å². The average Bonchev–Trinajstić information content (AvgIpc) is 2.32. The van der Waals surface area contributed by atoms with Crippen LogP contribution in [0.25, 0.3) is 0 Å². The summed E-state index contributed by atoms with van der Waals surface area (Å²) in [7, 11) is 0. The van der Waals surface area contributed by atoms with Gasteiger partial charge in [-0.15, -0.1) is 12.3 Å². The van der Waals surface area contributed by atoms with Crippen molar-refractivity contribution in [2.24, 2.45) is 5.73 Å². The number of hydrogen-bond acceptors (Lipinski definition) is 2. The summed E-state index contributed by atoms with van der Waals surface area (Å²) in [4.78, 5) is 0. The molecule has 0 aliphatic rings. The SMILES string of the molecule is C#CCCOc1c(Cl)cc(Cl)cc1CC(N)CC. The Kier molecular flexibility index (Phi) is 6.35. The molecule has 0 spiro atoms. The molecule has 0 heterocycles. The van der Waals surface area contributed by atoms with E-state index in [-0.39, 0.29) is 6.04 Å². The Balaban J connectivity index is 2.94. The molecule has 2 nitrogen and oxygen atoms in total. The third-order valence-electron chi connectivity index (χ3n) is 2.58. The zero-order valence-corrected chi connectivity index (χ0v) is 11.9. The molecular formula is C14H17Cl2NO. The first-order chi connectivity index (χ1) is 8.58. The van der Waals surface area contributed by atoms with Gasteiger partial charge in [0.15, 0.2) is 0 Å². The summed E-state index contributed by atoms with van der Waals surface area (Å²) in [5.41, 5.74) is 6.88. The van der Waals surface area contributed by atoms with Crippen molar-refractivity contribution in [1.82, 2.24) is 0 Å². The van der Waals surface area contributed by atoms with Crippen LogP contribution in [0.5, 0.6) is 5.75 Å². The Hall–Kier alpha value is -0.880. The second kappa shape index (κ2) is 7.53. The molecule has 0 fully saturated rings. The van der Waals surface area contributed by atoms with Gasteiger partial charge in [0.05, 0.1) is 11.6 Å². The predicted molar refractivity (Wildman–Crippen MR) is 77.4 cm³/mol. The van der Waals surface area contributed by atoms with Crippen LogP contribution in [0.4, 0.5) is 0 Å². The predicted octanol–water partition coefficient (Wildman–Crippen LogP) is 3.68. The molecule has 0 bridgehead atoms. The smallest absolute Gasteiger partial charge is 0.141 e. The van der Waals surface area contributed by atoms with Crippen molar-refractivity contribution in [2.45, 2.75) is 32.2 Å². The molecule has 1 unspecified atom stereocenters. The number of ether oxygens (including phenoxy) is 1. The molecule has 4 heteroatoms. The van der Waals surface area contributed by atoms with Crippen LogP contribution in [-0.2, 0) is 6.42 Å². The number of terminal acetylenes is 1. The van der Waals surface area contributed by atoms with Crippen molar-refractivity contribution in [2.75, 3.05) is 6.61 Å². The van der Waals surface area contributed by atoms with Crippen LogP contribution in [0.1, 0.15) is 25.3 Å². The molecular weight excluding hydrogens is 269 g/mol. The van der Waals surface area contributed by atoms with Crippen LogP contribution < -0.4 is 10.5 Å². The normalized spacial score (nSPS) is 11.9. The highest BCUT2D eigenvalue weighted by atomic mass is 35.5. The van der Waals surface area contributed by atoms with Crippen LogP contribution in [0.15, 0.2) is 12.1 Å². The van der Waals surface area contributed by atoms with E-state index < -0.39 is 0 Å². The fraction of sp³-hybridized carbons (Fsp3) is 0.429. The van der Waals surface area contributed by atoms with Crippen LogP contribution in [0, 0.1) is 12.3 Å². The van der Waals surface area contributed by atoms with E-state index in [2.05, 4.69) is 5.92 Å². The Labute approximate surface area is 118 Å². The van der Waals surface area contributed by atoms with E-state index >= 15 is 0 Å². The Morgan fingerprint density at radius 1 is 1.44 bits per heavy atom. The molecule has 1 atom stereocenters. The quantitative estimate of drug-likeness (QED) is 0.639. The minimum absolute atomic E-state index is 0.0644. The summed E-state index contributed by atoms with van der Waals surface area (Å²) in [5, 5.41) is 1.08. The number of rotatable bonds is 6. The average molecular weight is 286 g/mol. The molecule has 0 aromatic heterocycles. The Morgan fingerprint density at radius 3 is 2.78 bits per heavy atom. The zero-order chi connectivity index (χ0) is 13.5. The van der Waals surface area contributed by atoms with Gasteiger partial charge in [-0.05, 0) is 30.5 Å². The van der Waals surface area contributed by atoms with E-state index in [0.717, 1.165) is 12.0 Å². The molecule has 18 heavy (non-hydrogen) atoms. The van der Waals surface area contributed by atoms with Crippen molar-refractivity contribution < 1.29 is 4.74 Å². The molecule has 1 rings (SSSR count). The fourth-order valence-electron chi connectivity index (χ4n) is 1.57. The standard InChI is InChI=1S/C14H17Cl2NO/c1-3-5-6-18-14-10(8-12(17)4-2)7-11(15)9-13(14)16/h1,7,9,12H,4-6,8,17H2,2H3. The molecule has 1 aromatic carbocycles. The van der Waals surface area contributed by atoms with Gasteiger partial charge in [-0.3, -0.25) is 0 Å². The summed E-state index contributed by atoms with van der Waals surface area (Å²) >= 11 is 12.1. The molecule has 1 aromatic rings. The minimum Gasteiger partial charge on any atom is -0.491 e. The van der Waals surface area contributed by atoms with E-state index in [1.165, 1.54) is 0 Å². The number of hydrogen-bond donors (Lipinski definition) is 1. The summed E-state index contributed by atoms with van der Waals surface area (Å²) in [6, 6.07) is 3.57. The third-order valence-corrected chi connectivity index (χ3v) is 3.08. The van der Waals surface area contributed by atoms with Gasteiger partial charge in [0.2, 0.25) is 0 Å². The maximum atomic E-state index is 6.14. The summed E-state index contributed by atoms with van der Waals surface area (Å²) in [6.45, 7) is 2.47. The fourth-order valence-corrected chi connectivity index (χ4v) is 2.16. The zero-order valence-electron chi connectivity index (χ0n) is 10.4. The first-order valence-corrected chi connectivity index (χ1v) is 6.63. The topological polar surface area (TPSA) is 35.2 Å². The van der Waals surface area contributed by atoms with E-state index in [0.29, 0.717) is 35.2 Å². The van der Waals surface area contributed by atoms with Gasteiger partial charge in [-0.2, -0.15) is 0 Å². The molecule has 0 radical (unpaired) electrons. The maximum Gasteiger partial charge on any atom is 0.141 e. The van der Waals surface area contributed by atoms with Gasteiger partial charge in [-0.1, -0.05) is 30.1 Å². The molecule has 0 amide bonds. The van der Waals surface area contributed by atoms with Crippen molar-refractivity contribution in [3.63, 3.8) is 0 Å². The van der Waals surface area contributed by atoms with Gasteiger partial charge >= 0.3 is 0 Å². The molecule has 0 saturated heterocycles. The minimum atomic E-state index is 0.0644. The second-order valence-electron chi connectivity index (χ2n) is 4.05. The van der Waals surface area contributed by atoms with Crippen LogP contribution in [0.2, 0.25) is 10.0 Å². The van der Waals surface area contributed by atoms with Gasteiger partial charge < -0.3 is 10.5 Å². The Morgan fingerprint density at radius 2 is 2.17 bits per heavy atom.